The Morgan fingerprint density at radius 1 is 1.39 bits per heavy atom. The van der Waals surface area contributed by atoms with E-state index in [1.165, 1.54) is 7.11 Å². The van der Waals surface area contributed by atoms with Gasteiger partial charge in [0.1, 0.15) is 5.75 Å². The quantitative estimate of drug-likeness (QED) is 0.460. The third-order valence-corrected chi connectivity index (χ3v) is 2.59. The number of hydrogen-bond acceptors (Lipinski definition) is 4. The lowest BCUT2D eigenvalue weighted by molar-refractivity contribution is -0.136. The van der Waals surface area contributed by atoms with Gasteiger partial charge in [-0.2, -0.15) is 0 Å². The van der Waals surface area contributed by atoms with E-state index < -0.39 is 0 Å². The van der Waals surface area contributed by atoms with Crippen molar-refractivity contribution in [2.24, 2.45) is 0 Å². The van der Waals surface area contributed by atoms with Gasteiger partial charge in [0, 0.05) is 18.7 Å². The Bertz CT molecular complexity index is 410. The van der Waals surface area contributed by atoms with Crippen LogP contribution in [0.2, 0.25) is 0 Å². The highest BCUT2D eigenvalue weighted by Crippen LogP contribution is 2.09. The van der Waals surface area contributed by atoms with Crippen LogP contribution in [0.5, 0.6) is 5.75 Å². The van der Waals surface area contributed by atoms with Crippen LogP contribution in [0.1, 0.15) is 18.9 Å². The van der Waals surface area contributed by atoms with Gasteiger partial charge in [-0.05, 0) is 24.1 Å². The first kappa shape index (κ1) is 14.3. The molecule has 0 unspecified atom stereocenters. The fourth-order valence-electron chi connectivity index (χ4n) is 1.53. The summed E-state index contributed by atoms with van der Waals surface area (Å²) in [6.45, 7) is 3.22. The number of hydrogen-bond donors (Lipinski definition) is 2. The molecule has 98 valence electrons. The topological polar surface area (TPSA) is 58.6 Å². The second-order valence-corrected chi connectivity index (χ2v) is 3.87. The summed E-state index contributed by atoms with van der Waals surface area (Å²) in [6, 6.07) is 7.01. The Labute approximate surface area is 107 Å². The van der Waals surface area contributed by atoms with Crippen molar-refractivity contribution in [1.29, 1.82) is 0 Å². The Balaban J connectivity index is 2.39. The van der Waals surface area contributed by atoms with Crippen molar-refractivity contribution in [2.75, 3.05) is 13.7 Å². The zero-order chi connectivity index (χ0) is 13.4. The number of esters is 1. The average Bonchev–Trinajstić information content (AvgIpc) is 2.40. The molecule has 0 aliphatic carbocycles. The van der Waals surface area contributed by atoms with Gasteiger partial charge in [0.05, 0.1) is 7.11 Å². The number of ether oxygens (including phenoxy) is 1. The van der Waals surface area contributed by atoms with Gasteiger partial charge >= 0.3 is 5.97 Å². The molecule has 0 aliphatic heterocycles. The van der Waals surface area contributed by atoms with Crippen LogP contribution in [0.15, 0.2) is 35.9 Å². The maximum Gasteiger partial charge on any atom is 0.333 e. The summed E-state index contributed by atoms with van der Waals surface area (Å²) in [5.41, 5.74) is 1.76. The second-order valence-electron chi connectivity index (χ2n) is 3.87. The van der Waals surface area contributed by atoms with E-state index in [4.69, 9.17) is 5.11 Å². The van der Waals surface area contributed by atoms with Crippen molar-refractivity contribution in [2.45, 2.75) is 19.9 Å². The molecular weight excluding hydrogens is 230 g/mol. The van der Waals surface area contributed by atoms with E-state index in [1.54, 1.807) is 12.1 Å². The van der Waals surface area contributed by atoms with Crippen LogP contribution in [-0.2, 0) is 16.1 Å². The number of rotatable bonds is 6. The van der Waals surface area contributed by atoms with Gasteiger partial charge < -0.3 is 15.2 Å². The zero-order valence-corrected chi connectivity index (χ0v) is 10.8. The van der Waals surface area contributed by atoms with Crippen molar-refractivity contribution < 1.29 is 14.6 Å². The molecule has 0 spiro atoms. The molecule has 0 amide bonds. The molecule has 0 saturated carbocycles. The highest BCUT2D eigenvalue weighted by molar-refractivity contribution is 5.88. The highest BCUT2D eigenvalue weighted by Gasteiger charge is 2.05. The third kappa shape index (κ3) is 4.59. The highest BCUT2D eigenvalue weighted by atomic mass is 16.5. The van der Waals surface area contributed by atoms with Crippen LogP contribution in [-0.4, -0.2) is 24.7 Å². The van der Waals surface area contributed by atoms with E-state index >= 15 is 0 Å². The van der Waals surface area contributed by atoms with E-state index in [1.807, 2.05) is 25.1 Å². The van der Waals surface area contributed by atoms with Crippen LogP contribution in [0.4, 0.5) is 0 Å². The maximum atomic E-state index is 11.3. The summed E-state index contributed by atoms with van der Waals surface area (Å²) in [4.78, 5) is 11.3. The number of carbonyl (C=O) groups is 1. The molecule has 0 fully saturated rings. The summed E-state index contributed by atoms with van der Waals surface area (Å²) in [7, 11) is 1.38. The first-order chi connectivity index (χ1) is 8.67. The van der Waals surface area contributed by atoms with Crippen LogP contribution in [0, 0.1) is 0 Å². The number of phenolic OH excluding ortho intramolecular Hbond substituents is 1. The normalized spacial score (nSPS) is 11.3. The monoisotopic (exact) mass is 249 g/mol. The van der Waals surface area contributed by atoms with Crippen LogP contribution >= 0.6 is 0 Å². The predicted molar refractivity (Wildman–Crippen MR) is 70.2 cm³/mol. The summed E-state index contributed by atoms with van der Waals surface area (Å²) in [5.74, 6) is -0.0125. The molecule has 1 aromatic carbocycles. The number of aromatic hydroxyl groups is 1. The molecule has 0 atom stereocenters. The summed E-state index contributed by atoms with van der Waals surface area (Å²) in [6.07, 6.45) is 2.50. The number of phenols is 1. The predicted octanol–water partition coefficient (Wildman–Crippen LogP) is 1.99. The van der Waals surface area contributed by atoms with Gasteiger partial charge in [0.15, 0.2) is 0 Å². The van der Waals surface area contributed by atoms with Crippen molar-refractivity contribution in [3.05, 3.63) is 41.5 Å². The molecule has 4 heteroatoms. The SMILES string of the molecule is CC/C(=C/CNCc1ccc(O)cc1)C(=O)OC. The summed E-state index contributed by atoms with van der Waals surface area (Å²) in [5, 5.41) is 12.3. The van der Waals surface area contributed by atoms with Gasteiger partial charge in [-0.3, -0.25) is 0 Å². The molecule has 4 nitrogen and oxygen atoms in total. The molecule has 2 N–H and O–H groups in total. The van der Waals surface area contributed by atoms with Gasteiger partial charge in [-0.25, -0.2) is 4.79 Å². The van der Waals surface area contributed by atoms with Gasteiger partial charge in [0.25, 0.3) is 0 Å². The largest absolute Gasteiger partial charge is 0.508 e. The molecule has 1 aromatic rings. The fraction of sp³-hybridized carbons (Fsp3) is 0.357. The molecule has 18 heavy (non-hydrogen) atoms. The number of carbonyl (C=O) groups excluding carboxylic acids is 1. The average molecular weight is 249 g/mol. The van der Waals surface area contributed by atoms with E-state index in [9.17, 15) is 4.79 Å². The van der Waals surface area contributed by atoms with E-state index in [2.05, 4.69) is 10.1 Å². The molecule has 0 aromatic heterocycles. The minimum Gasteiger partial charge on any atom is -0.508 e. The van der Waals surface area contributed by atoms with Crippen LogP contribution < -0.4 is 5.32 Å². The molecule has 0 aliphatic rings. The molecule has 1 rings (SSSR count). The first-order valence-corrected chi connectivity index (χ1v) is 5.93. The minimum absolute atomic E-state index is 0.262. The lowest BCUT2D eigenvalue weighted by Crippen LogP contribution is -2.15. The Kier molecular flexibility index (Phi) is 5.94. The van der Waals surface area contributed by atoms with Crippen molar-refractivity contribution in [3.8, 4) is 5.75 Å². The molecule has 0 heterocycles. The van der Waals surface area contributed by atoms with Gasteiger partial charge in [-0.15, -0.1) is 0 Å². The van der Waals surface area contributed by atoms with Crippen molar-refractivity contribution >= 4 is 5.97 Å². The van der Waals surface area contributed by atoms with Crippen molar-refractivity contribution in [3.63, 3.8) is 0 Å². The fourth-order valence-corrected chi connectivity index (χ4v) is 1.53. The lowest BCUT2D eigenvalue weighted by atomic mass is 10.2. The second kappa shape index (κ2) is 7.50. The van der Waals surface area contributed by atoms with Gasteiger partial charge in [-0.1, -0.05) is 25.1 Å². The van der Waals surface area contributed by atoms with E-state index in [0.29, 0.717) is 25.1 Å². The number of benzene rings is 1. The molecule has 0 saturated heterocycles. The van der Waals surface area contributed by atoms with Crippen LogP contribution in [0.25, 0.3) is 0 Å². The Morgan fingerprint density at radius 3 is 2.61 bits per heavy atom. The molecule has 0 radical (unpaired) electrons. The smallest absolute Gasteiger partial charge is 0.333 e. The first-order valence-electron chi connectivity index (χ1n) is 5.93. The molecule has 0 bridgehead atoms. The molecular formula is C14H19NO3. The van der Waals surface area contributed by atoms with Gasteiger partial charge in [0.2, 0.25) is 0 Å². The number of methoxy groups -OCH3 is 1. The van der Waals surface area contributed by atoms with E-state index in [0.717, 1.165) is 5.56 Å². The lowest BCUT2D eigenvalue weighted by Gasteiger charge is -2.04. The maximum absolute atomic E-state index is 11.3. The van der Waals surface area contributed by atoms with E-state index in [-0.39, 0.29) is 11.7 Å². The summed E-state index contributed by atoms with van der Waals surface area (Å²) >= 11 is 0. The van der Waals surface area contributed by atoms with Crippen LogP contribution in [0.3, 0.4) is 0 Å². The summed E-state index contributed by atoms with van der Waals surface area (Å²) < 4.78 is 4.67. The zero-order valence-electron chi connectivity index (χ0n) is 10.8. The minimum atomic E-state index is -0.274. The third-order valence-electron chi connectivity index (χ3n) is 2.59. The number of nitrogens with one attached hydrogen (secondary N) is 1. The van der Waals surface area contributed by atoms with Crippen molar-refractivity contribution in [1.82, 2.24) is 5.32 Å². The Hall–Kier alpha value is -1.81. The Morgan fingerprint density at radius 2 is 2.06 bits per heavy atom. The standard InChI is InChI=1S/C14H19NO3/c1-3-12(14(17)18-2)8-9-15-10-11-4-6-13(16)7-5-11/h4-8,15-16H,3,9-10H2,1-2H3/b12-8-.